The van der Waals surface area contributed by atoms with Crippen LogP contribution in [-0.4, -0.2) is 40.8 Å². The van der Waals surface area contributed by atoms with Crippen molar-refractivity contribution in [3.05, 3.63) is 53.8 Å². The van der Waals surface area contributed by atoms with Crippen LogP contribution in [0.4, 0.5) is 10.1 Å². The fourth-order valence-electron chi connectivity index (χ4n) is 2.99. The Labute approximate surface area is 170 Å². The summed E-state index contributed by atoms with van der Waals surface area (Å²) in [4.78, 5) is 12.8. The third-order valence-corrected chi connectivity index (χ3v) is 5.67. The molecule has 2 atom stereocenters. The van der Waals surface area contributed by atoms with Crippen molar-refractivity contribution >= 4 is 21.6 Å². The first kappa shape index (κ1) is 22.5. The Morgan fingerprint density at radius 1 is 1.07 bits per heavy atom. The van der Waals surface area contributed by atoms with E-state index in [-0.39, 0.29) is 5.69 Å². The molecule has 0 saturated heterocycles. The molecule has 0 heterocycles. The number of sulfonamides is 1. The topological polar surface area (TPSA) is 84.9 Å². The molecule has 0 aliphatic rings. The summed E-state index contributed by atoms with van der Waals surface area (Å²) < 4.78 is 49.4. The molecule has 2 aromatic rings. The lowest BCUT2D eigenvalue weighted by Gasteiger charge is -2.29. The largest absolute Gasteiger partial charge is 0.497 e. The smallest absolute Gasteiger partial charge is 0.244 e. The van der Waals surface area contributed by atoms with Crippen LogP contribution < -0.4 is 19.1 Å². The Morgan fingerprint density at radius 2 is 1.69 bits per heavy atom. The number of carbonyl (C=O) groups is 1. The predicted octanol–water partition coefficient (Wildman–Crippen LogP) is 2.87. The van der Waals surface area contributed by atoms with Gasteiger partial charge in [0.25, 0.3) is 0 Å². The second kappa shape index (κ2) is 9.13. The van der Waals surface area contributed by atoms with Crippen LogP contribution in [0.15, 0.2) is 42.5 Å². The molecule has 0 bridgehead atoms. The van der Waals surface area contributed by atoms with Crippen LogP contribution in [0.1, 0.15) is 25.5 Å². The van der Waals surface area contributed by atoms with Gasteiger partial charge in [0.1, 0.15) is 23.4 Å². The average molecular weight is 424 g/mol. The molecule has 158 valence electrons. The van der Waals surface area contributed by atoms with E-state index in [0.29, 0.717) is 17.1 Å². The highest BCUT2D eigenvalue weighted by atomic mass is 32.2. The number of anilines is 1. The maximum Gasteiger partial charge on any atom is 0.244 e. The van der Waals surface area contributed by atoms with Crippen molar-refractivity contribution in [1.82, 2.24) is 5.32 Å². The summed E-state index contributed by atoms with van der Waals surface area (Å²) in [6, 6.07) is 8.57. The maximum absolute atomic E-state index is 13.2. The van der Waals surface area contributed by atoms with Crippen LogP contribution in [0.2, 0.25) is 0 Å². The number of ether oxygens (including phenoxy) is 2. The number of nitrogens with zero attached hydrogens (tertiary/aromatic N) is 1. The van der Waals surface area contributed by atoms with E-state index in [1.165, 1.54) is 33.3 Å². The molecule has 2 aromatic carbocycles. The number of hydrogen-bond acceptors (Lipinski definition) is 5. The van der Waals surface area contributed by atoms with Gasteiger partial charge in [0.05, 0.1) is 32.2 Å². The molecule has 29 heavy (non-hydrogen) atoms. The molecule has 0 fully saturated rings. The molecule has 9 heteroatoms. The van der Waals surface area contributed by atoms with E-state index < -0.39 is 33.8 Å². The van der Waals surface area contributed by atoms with Gasteiger partial charge in [0, 0.05) is 5.56 Å². The SMILES string of the molecule is COc1ccc(OC)c([C@H](C)NC(=O)[C@@H](C)N(c2ccc(F)cc2)S(C)(=O)=O)c1. The minimum atomic E-state index is -3.79. The second-order valence-corrected chi connectivity index (χ2v) is 8.41. The Kier molecular flexibility index (Phi) is 7.07. The van der Waals surface area contributed by atoms with Crippen molar-refractivity contribution < 1.29 is 27.1 Å². The van der Waals surface area contributed by atoms with Crippen molar-refractivity contribution in [2.75, 3.05) is 24.8 Å². The van der Waals surface area contributed by atoms with Crippen LogP contribution in [0.3, 0.4) is 0 Å². The molecular weight excluding hydrogens is 399 g/mol. The third kappa shape index (κ3) is 5.38. The zero-order valence-electron chi connectivity index (χ0n) is 17.0. The zero-order valence-corrected chi connectivity index (χ0v) is 17.8. The number of carbonyl (C=O) groups excluding carboxylic acids is 1. The number of halogens is 1. The van der Waals surface area contributed by atoms with Gasteiger partial charge >= 0.3 is 0 Å². The Morgan fingerprint density at radius 3 is 2.21 bits per heavy atom. The fourth-order valence-corrected chi connectivity index (χ4v) is 4.16. The summed E-state index contributed by atoms with van der Waals surface area (Å²) in [6.07, 6.45) is 0.995. The van der Waals surface area contributed by atoms with E-state index in [9.17, 15) is 17.6 Å². The highest BCUT2D eigenvalue weighted by Crippen LogP contribution is 2.29. The van der Waals surface area contributed by atoms with E-state index in [4.69, 9.17) is 9.47 Å². The van der Waals surface area contributed by atoms with Gasteiger partial charge in [0.15, 0.2) is 0 Å². The van der Waals surface area contributed by atoms with Crippen LogP contribution in [-0.2, 0) is 14.8 Å². The van der Waals surface area contributed by atoms with Crippen LogP contribution >= 0.6 is 0 Å². The number of benzene rings is 2. The van der Waals surface area contributed by atoms with Crippen LogP contribution in [0.25, 0.3) is 0 Å². The van der Waals surface area contributed by atoms with E-state index in [1.54, 1.807) is 25.1 Å². The lowest BCUT2D eigenvalue weighted by Crippen LogP contribution is -2.48. The number of hydrogen-bond donors (Lipinski definition) is 1. The Hall–Kier alpha value is -2.81. The van der Waals surface area contributed by atoms with Gasteiger partial charge in [-0.15, -0.1) is 0 Å². The highest BCUT2D eigenvalue weighted by Gasteiger charge is 2.30. The quantitative estimate of drug-likeness (QED) is 0.704. The molecule has 1 amide bonds. The fraction of sp³-hybridized carbons (Fsp3) is 0.350. The molecule has 0 aliphatic heterocycles. The summed E-state index contributed by atoms with van der Waals surface area (Å²) in [5, 5.41) is 2.80. The standard InChI is InChI=1S/C20H25FN2O5S/c1-13(18-12-17(27-3)10-11-19(18)28-4)22-20(24)14(2)23(29(5,25)26)16-8-6-15(21)7-9-16/h6-14H,1-5H3,(H,22,24)/t13-,14+/m0/s1. The summed E-state index contributed by atoms with van der Waals surface area (Å²) >= 11 is 0. The Balaban J connectivity index is 2.29. The molecule has 0 radical (unpaired) electrons. The van der Waals surface area contributed by atoms with Gasteiger partial charge in [-0.2, -0.15) is 0 Å². The van der Waals surface area contributed by atoms with Gasteiger partial charge in [-0.3, -0.25) is 9.10 Å². The number of nitrogens with one attached hydrogen (secondary N) is 1. The summed E-state index contributed by atoms with van der Waals surface area (Å²) in [5.74, 6) is 0.138. The first-order valence-electron chi connectivity index (χ1n) is 8.85. The molecule has 0 aliphatic carbocycles. The number of rotatable bonds is 8. The number of methoxy groups -OCH3 is 2. The average Bonchev–Trinajstić information content (AvgIpc) is 2.67. The van der Waals surface area contributed by atoms with Gasteiger partial charge in [-0.05, 0) is 56.3 Å². The molecule has 0 saturated carbocycles. The molecule has 7 nitrogen and oxygen atoms in total. The van der Waals surface area contributed by atoms with Gasteiger partial charge in [0.2, 0.25) is 15.9 Å². The summed E-state index contributed by atoms with van der Waals surface area (Å²) in [5.41, 5.74) is 0.878. The van der Waals surface area contributed by atoms with Crippen molar-refractivity contribution in [2.24, 2.45) is 0 Å². The molecular formula is C20H25FN2O5S. The number of amides is 1. The summed E-state index contributed by atoms with van der Waals surface area (Å²) in [7, 11) is -0.746. The van der Waals surface area contributed by atoms with Crippen LogP contribution in [0, 0.1) is 5.82 Å². The summed E-state index contributed by atoms with van der Waals surface area (Å²) in [6.45, 7) is 3.22. The van der Waals surface area contributed by atoms with E-state index >= 15 is 0 Å². The zero-order chi connectivity index (χ0) is 21.8. The van der Waals surface area contributed by atoms with Gasteiger partial charge in [-0.1, -0.05) is 0 Å². The van der Waals surface area contributed by atoms with Gasteiger partial charge < -0.3 is 14.8 Å². The third-order valence-electron chi connectivity index (χ3n) is 4.43. The van der Waals surface area contributed by atoms with Crippen molar-refractivity contribution in [3.8, 4) is 11.5 Å². The minimum Gasteiger partial charge on any atom is -0.497 e. The minimum absolute atomic E-state index is 0.197. The van der Waals surface area contributed by atoms with Crippen molar-refractivity contribution in [1.29, 1.82) is 0 Å². The normalized spacial score (nSPS) is 13.3. The first-order valence-corrected chi connectivity index (χ1v) is 10.7. The first-order chi connectivity index (χ1) is 13.6. The second-order valence-electron chi connectivity index (χ2n) is 6.55. The molecule has 0 spiro atoms. The maximum atomic E-state index is 13.2. The van der Waals surface area contributed by atoms with Crippen molar-refractivity contribution in [2.45, 2.75) is 25.9 Å². The van der Waals surface area contributed by atoms with Gasteiger partial charge in [-0.25, -0.2) is 12.8 Å². The monoisotopic (exact) mass is 424 g/mol. The molecule has 2 rings (SSSR count). The predicted molar refractivity (Wildman–Crippen MR) is 109 cm³/mol. The molecule has 1 N–H and O–H groups in total. The lowest BCUT2D eigenvalue weighted by atomic mass is 10.1. The molecule has 0 unspecified atom stereocenters. The highest BCUT2D eigenvalue weighted by molar-refractivity contribution is 7.92. The van der Waals surface area contributed by atoms with Crippen LogP contribution in [0.5, 0.6) is 11.5 Å². The van der Waals surface area contributed by atoms with E-state index in [0.717, 1.165) is 22.7 Å². The lowest BCUT2D eigenvalue weighted by molar-refractivity contribution is -0.122. The van der Waals surface area contributed by atoms with Crippen molar-refractivity contribution in [3.63, 3.8) is 0 Å². The Bertz CT molecular complexity index is 963. The molecule has 0 aromatic heterocycles. The van der Waals surface area contributed by atoms with E-state index in [1.807, 2.05) is 0 Å². The van der Waals surface area contributed by atoms with E-state index in [2.05, 4.69) is 5.32 Å².